The average Bonchev–Trinajstić information content (AvgIpc) is 3.27. The number of nitrogens with zero attached hydrogens (tertiary/aromatic N) is 5. The molecule has 30 heavy (non-hydrogen) atoms. The molecule has 3 heterocycles. The molecule has 2 atom stereocenters. The molecule has 0 amide bonds. The van der Waals surface area contributed by atoms with E-state index in [-0.39, 0.29) is 30.0 Å². The third kappa shape index (κ3) is 5.05. The van der Waals surface area contributed by atoms with Gasteiger partial charge in [-0.1, -0.05) is 18.2 Å². The molecule has 0 saturated carbocycles. The first-order valence-electron chi connectivity index (χ1n) is 10.4. The van der Waals surface area contributed by atoms with Crippen molar-refractivity contribution in [3.05, 3.63) is 41.5 Å². The molecule has 2 aliphatic rings. The summed E-state index contributed by atoms with van der Waals surface area (Å²) in [6, 6.07) is 9.53. The second-order valence-electron chi connectivity index (χ2n) is 7.81. The van der Waals surface area contributed by atoms with E-state index in [0.717, 1.165) is 56.5 Å². The Kier molecular flexibility index (Phi) is 7.93. The fourth-order valence-electron chi connectivity index (χ4n) is 4.32. The summed E-state index contributed by atoms with van der Waals surface area (Å²) in [6.45, 7) is 5.35. The van der Waals surface area contributed by atoms with Crippen LogP contribution in [0.2, 0.25) is 0 Å². The van der Waals surface area contributed by atoms with Crippen LogP contribution < -0.4 is 15.5 Å². The topological polar surface area (TPSA) is 79.6 Å². The van der Waals surface area contributed by atoms with Crippen LogP contribution in [0.4, 0.5) is 5.69 Å². The highest BCUT2D eigenvalue weighted by Crippen LogP contribution is 2.31. The molecule has 0 bridgehead atoms. The molecule has 0 fully saturated rings. The van der Waals surface area contributed by atoms with E-state index in [1.807, 2.05) is 11.7 Å². The maximum absolute atomic E-state index is 5.14. The maximum atomic E-state index is 5.14. The summed E-state index contributed by atoms with van der Waals surface area (Å²) in [7, 11) is 3.49. The second kappa shape index (κ2) is 10.4. The molecular weight excluding hydrogens is 493 g/mol. The Morgan fingerprint density at radius 2 is 2.17 bits per heavy atom. The fourth-order valence-corrected chi connectivity index (χ4v) is 4.32. The number of anilines is 1. The van der Waals surface area contributed by atoms with Crippen LogP contribution in [0.3, 0.4) is 0 Å². The standard InChI is InChI=1S/C21H31N7O.HI/c1-15-12-16-6-4-5-7-18(16)27(15)11-10-23-21(22-2)24-17-8-9-20-25-19(14-29-3)26-28(20)13-17;/h4-7,15,17H,8-14H2,1-3H3,(H2,22,23,24);1H. The van der Waals surface area contributed by atoms with Crippen molar-refractivity contribution in [3.8, 4) is 0 Å². The first-order chi connectivity index (χ1) is 14.2. The molecule has 2 aromatic rings. The van der Waals surface area contributed by atoms with Gasteiger partial charge in [-0.2, -0.15) is 5.10 Å². The predicted octanol–water partition coefficient (Wildman–Crippen LogP) is 1.97. The number of hydrogen-bond acceptors (Lipinski definition) is 5. The number of guanidine groups is 1. The zero-order chi connectivity index (χ0) is 20.2. The molecule has 8 nitrogen and oxygen atoms in total. The molecule has 2 aliphatic heterocycles. The van der Waals surface area contributed by atoms with Crippen LogP contribution in [0.25, 0.3) is 0 Å². The zero-order valence-electron chi connectivity index (χ0n) is 18.0. The maximum Gasteiger partial charge on any atom is 0.191 e. The number of fused-ring (bicyclic) bond motifs is 2. The lowest BCUT2D eigenvalue weighted by molar-refractivity contribution is 0.177. The van der Waals surface area contributed by atoms with E-state index in [4.69, 9.17) is 4.74 Å². The quantitative estimate of drug-likeness (QED) is 0.341. The summed E-state index contributed by atoms with van der Waals surface area (Å²) in [5, 5.41) is 11.6. The van der Waals surface area contributed by atoms with Crippen LogP contribution in [0, 0.1) is 0 Å². The Morgan fingerprint density at radius 3 is 2.97 bits per heavy atom. The van der Waals surface area contributed by atoms with Crippen molar-refractivity contribution in [3.63, 3.8) is 0 Å². The van der Waals surface area contributed by atoms with Gasteiger partial charge in [0.05, 0.1) is 6.54 Å². The predicted molar refractivity (Wildman–Crippen MR) is 130 cm³/mol. The Hall–Kier alpha value is -1.88. The Morgan fingerprint density at radius 1 is 1.33 bits per heavy atom. The van der Waals surface area contributed by atoms with Crippen LogP contribution in [0.5, 0.6) is 0 Å². The largest absolute Gasteiger partial charge is 0.377 e. The highest BCUT2D eigenvalue weighted by atomic mass is 127. The number of benzene rings is 1. The number of ether oxygens (including phenoxy) is 1. The first kappa shape index (κ1) is 22.8. The summed E-state index contributed by atoms with van der Waals surface area (Å²) in [6.07, 6.45) is 3.05. The van der Waals surface area contributed by atoms with E-state index in [1.54, 1.807) is 7.11 Å². The van der Waals surface area contributed by atoms with E-state index in [1.165, 1.54) is 11.3 Å². The number of halogens is 1. The van der Waals surface area contributed by atoms with E-state index < -0.39 is 0 Å². The van der Waals surface area contributed by atoms with Gasteiger partial charge in [-0.15, -0.1) is 24.0 Å². The minimum Gasteiger partial charge on any atom is -0.377 e. The number of methoxy groups -OCH3 is 1. The molecule has 2 unspecified atom stereocenters. The lowest BCUT2D eigenvalue weighted by Gasteiger charge is -2.27. The number of aromatic nitrogens is 3. The average molecular weight is 525 g/mol. The molecule has 4 rings (SSSR count). The van der Waals surface area contributed by atoms with Gasteiger partial charge in [0.2, 0.25) is 0 Å². The van der Waals surface area contributed by atoms with Crippen LogP contribution >= 0.6 is 24.0 Å². The van der Waals surface area contributed by atoms with Crippen LogP contribution in [-0.4, -0.2) is 60.1 Å². The molecule has 1 aromatic heterocycles. The van der Waals surface area contributed by atoms with Crippen molar-refractivity contribution in [1.29, 1.82) is 0 Å². The molecule has 0 radical (unpaired) electrons. The molecule has 164 valence electrons. The van der Waals surface area contributed by atoms with E-state index in [0.29, 0.717) is 12.6 Å². The summed E-state index contributed by atoms with van der Waals surface area (Å²) in [5.41, 5.74) is 2.81. The normalized spacial score (nSPS) is 20.4. The van der Waals surface area contributed by atoms with Gasteiger partial charge in [-0.3, -0.25) is 4.99 Å². The molecule has 0 saturated heterocycles. The number of hydrogen-bond donors (Lipinski definition) is 2. The Bertz CT molecular complexity index is 869. The fraction of sp³-hybridized carbons (Fsp3) is 0.571. The Balaban J connectivity index is 0.00000256. The third-order valence-corrected chi connectivity index (χ3v) is 5.73. The highest BCUT2D eigenvalue weighted by molar-refractivity contribution is 14.0. The van der Waals surface area contributed by atoms with Gasteiger partial charge < -0.3 is 20.3 Å². The van der Waals surface area contributed by atoms with Gasteiger partial charge in [-0.25, -0.2) is 9.67 Å². The van der Waals surface area contributed by atoms with Gasteiger partial charge in [-0.05, 0) is 31.4 Å². The summed E-state index contributed by atoms with van der Waals surface area (Å²) >= 11 is 0. The summed E-state index contributed by atoms with van der Waals surface area (Å²) < 4.78 is 7.14. The van der Waals surface area contributed by atoms with Crippen molar-refractivity contribution in [2.75, 3.05) is 32.1 Å². The second-order valence-corrected chi connectivity index (χ2v) is 7.81. The summed E-state index contributed by atoms with van der Waals surface area (Å²) in [5.74, 6) is 2.64. The minimum atomic E-state index is 0. The van der Waals surface area contributed by atoms with E-state index in [2.05, 4.69) is 61.8 Å². The van der Waals surface area contributed by atoms with Gasteiger partial charge in [0, 0.05) is 51.4 Å². The van der Waals surface area contributed by atoms with Crippen LogP contribution in [0.15, 0.2) is 29.3 Å². The summed E-state index contributed by atoms with van der Waals surface area (Å²) in [4.78, 5) is 11.4. The highest BCUT2D eigenvalue weighted by Gasteiger charge is 2.25. The van der Waals surface area contributed by atoms with Crippen LogP contribution in [0.1, 0.15) is 30.6 Å². The Labute approximate surface area is 195 Å². The number of rotatable bonds is 6. The first-order valence-corrected chi connectivity index (χ1v) is 10.4. The minimum absolute atomic E-state index is 0. The molecule has 0 spiro atoms. The van der Waals surface area contributed by atoms with Gasteiger partial charge >= 0.3 is 0 Å². The van der Waals surface area contributed by atoms with Crippen molar-refractivity contribution in [2.45, 2.75) is 51.4 Å². The molecule has 0 aliphatic carbocycles. The molecular formula is C21H32IN7O. The lowest BCUT2D eigenvalue weighted by Crippen LogP contribution is -2.48. The van der Waals surface area contributed by atoms with E-state index >= 15 is 0 Å². The number of para-hydroxylation sites is 1. The van der Waals surface area contributed by atoms with Gasteiger partial charge in [0.1, 0.15) is 12.4 Å². The van der Waals surface area contributed by atoms with Crippen molar-refractivity contribution < 1.29 is 4.74 Å². The number of nitrogens with one attached hydrogen (secondary N) is 2. The van der Waals surface area contributed by atoms with E-state index in [9.17, 15) is 0 Å². The van der Waals surface area contributed by atoms with Crippen molar-refractivity contribution in [1.82, 2.24) is 25.4 Å². The molecule has 2 N–H and O–H groups in total. The van der Waals surface area contributed by atoms with Crippen molar-refractivity contribution in [2.24, 2.45) is 4.99 Å². The third-order valence-electron chi connectivity index (χ3n) is 5.73. The van der Waals surface area contributed by atoms with Gasteiger partial charge in [0.15, 0.2) is 11.8 Å². The van der Waals surface area contributed by atoms with Crippen LogP contribution in [-0.2, 0) is 30.7 Å². The zero-order valence-corrected chi connectivity index (χ0v) is 20.3. The lowest BCUT2D eigenvalue weighted by atomic mass is 10.1. The van der Waals surface area contributed by atoms with Gasteiger partial charge in [0.25, 0.3) is 0 Å². The molecule has 1 aromatic carbocycles. The smallest absolute Gasteiger partial charge is 0.191 e. The number of aliphatic imine (C=N–C) groups is 1. The monoisotopic (exact) mass is 525 g/mol. The number of aryl methyl sites for hydroxylation is 1. The van der Waals surface area contributed by atoms with Crippen molar-refractivity contribution >= 4 is 35.6 Å². The molecule has 9 heteroatoms. The SMILES string of the molecule is CN=C(NCCN1c2ccccc2CC1C)NC1CCc2nc(COC)nn2C1.I.